The van der Waals surface area contributed by atoms with Gasteiger partial charge in [0.1, 0.15) is 0 Å². The fourth-order valence-corrected chi connectivity index (χ4v) is 1.83. The average molecular weight is 218 g/mol. The van der Waals surface area contributed by atoms with E-state index in [1.165, 1.54) is 0 Å². The highest BCUT2D eigenvalue weighted by Crippen LogP contribution is 2.26. The molecule has 5 heteroatoms. The molecule has 0 spiro atoms. The Morgan fingerprint density at radius 2 is 2.14 bits per heavy atom. The van der Waals surface area contributed by atoms with Gasteiger partial charge in [-0.1, -0.05) is 0 Å². The van der Waals surface area contributed by atoms with E-state index in [-0.39, 0.29) is 17.9 Å². The summed E-state index contributed by atoms with van der Waals surface area (Å²) in [5.74, 6) is 0. The van der Waals surface area contributed by atoms with Crippen LogP contribution in [0.25, 0.3) is 0 Å². The van der Waals surface area contributed by atoms with Gasteiger partial charge in [-0.25, -0.2) is 0 Å². The molecule has 0 aromatic carbocycles. The lowest BCUT2D eigenvalue weighted by atomic mass is 9.90. The average Bonchev–Trinajstić information content (AvgIpc) is 2.72. The molecule has 80 valence electrons. The monoisotopic (exact) mass is 217 g/mol. The smallest absolute Gasteiger partial charge is 0.0792 e. The number of hydrogen-bond donors (Lipinski definition) is 1. The molecule has 0 aliphatic carbocycles. The van der Waals surface area contributed by atoms with E-state index in [2.05, 4.69) is 5.10 Å². The molecule has 2 heterocycles. The zero-order valence-corrected chi connectivity index (χ0v) is 8.87. The summed E-state index contributed by atoms with van der Waals surface area (Å²) < 4.78 is 7.31. The van der Waals surface area contributed by atoms with E-state index in [9.17, 15) is 0 Å². The third kappa shape index (κ3) is 1.92. The van der Waals surface area contributed by atoms with Crippen LogP contribution in [0.4, 0.5) is 0 Å². The molecule has 2 rings (SSSR count). The van der Waals surface area contributed by atoms with Crippen LogP contribution in [0.2, 0.25) is 0 Å². The van der Waals surface area contributed by atoms with Crippen molar-refractivity contribution in [3.8, 4) is 0 Å². The minimum Gasteiger partial charge on any atom is -0.381 e. The van der Waals surface area contributed by atoms with E-state index >= 15 is 0 Å². The molecule has 1 aliphatic heterocycles. The van der Waals surface area contributed by atoms with Crippen LogP contribution < -0.4 is 5.73 Å². The SMILES string of the molecule is Cl.NCC1(n2cccn2)CCOCC1. The highest BCUT2D eigenvalue weighted by molar-refractivity contribution is 5.85. The van der Waals surface area contributed by atoms with Crippen LogP contribution in [0.3, 0.4) is 0 Å². The minimum atomic E-state index is 0. The van der Waals surface area contributed by atoms with Crippen molar-refractivity contribution in [2.24, 2.45) is 5.73 Å². The van der Waals surface area contributed by atoms with Crippen molar-refractivity contribution in [2.45, 2.75) is 18.4 Å². The molecule has 4 nitrogen and oxygen atoms in total. The summed E-state index contributed by atoms with van der Waals surface area (Å²) in [6.07, 6.45) is 5.71. The Balaban J connectivity index is 0.000000980. The molecule has 1 saturated heterocycles. The summed E-state index contributed by atoms with van der Waals surface area (Å²) in [6.45, 7) is 2.21. The standard InChI is InChI=1S/C9H15N3O.ClH/c10-8-9(2-6-13-7-3-9)12-5-1-4-11-12;/h1,4-5H,2-3,6-8,10H2;1H. The van der Waals surface area contributed by atoms with Crippen molar-refractivity contribution in [1.82, 2.24) is 9.78 Å². The predicted molar refractivity (Wildman–Crippen MR) is 56.6 cm³/mol. The second-order valence-electron chi connectivity index (χ2n) is 3.49. The highest BCUT2D eigenvalue weighted by Gasteiger charge is 2.33. The molecule has 1 aromatic heterocycles. The summed E-state index contributed by atoms with van der Waals surface area (Å²) in [5, 5.41) is 4.26. The number of hydrogen-bond acceptors (Lipinski definition) is 3. The maximum atomic E-state index is 5.81. The van der Waals surface area contributed by atoms with E-state index in [4.69, 9.17) is 10.5 Å². The number of nitrogens with two attached hydrogens (primary N) is 1. The molecule has 0 bridgehead atoms. The number of aromatic nitrogens is 2. The number of nitrogens with zero attached hydrogens (tertiary/aromatic N) is 2. The minimum absolute atomic E-state index is 0. The molecule has 14 heavy (non-hydrogen) atoms. The van der Waals surface area contributed by atoms with Crippen molar-refractivity contribution in [2.75, 3.05) is 19.8 Å². The van der Waals surface area contributed by atoms with Crippen LogP contribution in [0, 0.1) is 0 Å². The first-order chi connectivity index (χ1) is 6.37. The second-order valence-corrected chi connectivity index (χ2v) is 3.49. The Labute approximate surface area is 89.8 Å². The molecule has 0 amide bonds. The Morgan fingerprint density at radius 1 is 1.43 bits per heavy atom. The quantitative estimate of drug-likeness (QED) is 0.796. The Morgan fingerprint density at radius 3 is 2.64 bits per heavy atom. The van der Waals surface area contributed by atoms with E-state index in [1.54, 1.807) is 6.20 Å². The van der Waals surface area contributed by atoms with Gasteiger partial charge in [0.15, 0.2) is 0 Å². The summed E-state index contributed by atoms with van der Waals surface area (Å²) in [5.41, 5.74) is 5.81. The lowest BCUT2D eigenvalue weighted by Crippen LogP contribution is -2.45. The second kappa shape index (κ2) is 4.77. The third-order valence-corrected chi connectivity index (χ3v) is 2.79. The molecule has 0 atom stereocenters. The maximum absolute atomic E-state index is 5.81. The van der Waals surface area contributed by atoms with Gasteiger partial charge in [-0.15, -0.1) is 12.4 Å². The number of ether oxygens (including phenoxy) is 1. The molecular formula is C9H16ClN3O. The van der Waals surface area contributed by atoms with Crippen molar-refractivity contribution in [3.63, 3.8) is 0 Å². The van der Waals surface area contributed by atoms with Gasteiger partial charge in [0.2, 0.25) is 0 Å². The summed E-state index contributed by atoms with van der Waals surface area (Å²) in [4.78, 5) is 0. The van der Waals surface area contributed by atoms with Gasteiger partial charge in [0, 0.05) is 32.2 Å². The van der Waals surface area contributed by atoms with Crippen LogP contribution in [0.15, 0.2) is 18.5 Å². The van der Waals surface area contributed by atoms with Gasteiger partial charge in [0.25, 0.3) is 0 Å². The largest absolute Gasteiger partial charge is 0.381 e. The fourth-order valence-electron chi connectivity index (χ4n) is 1.83. The zero-order valence-electron chi connectivity index (χ0n) is 8.06. The Kier molecular flexibility index (Phi) is 3.92. The van der Waals surface area contributed by atoms with E-state index in [1.807, 2.05) is 16.9 Å². The lowest BCUT2D eigenvalue weighted by molar-refractivity contribution is 0.0193. The topological polar surface area (TPSA) is 53.1 Å². The lowest BCUT2D eigenvalue weighted by Gasteiger charge is -2.36. The number of halogens is 1. The molecule has 1 aromatic rings. The molecule has 0 unspecified atom stereocenters. The fraction of sp³-hybridized carbons (Fsp3) is 0.667. The van der Waals surface area contributed by atoms with Crippen molar-refractivity contribution < 1.29 is 4.74 Å². The Hall–Kier alpha value is -0.580. The van der Waals surface area contributed by atoms with Gasteiger partial charge in [0.05, 0.1) is 5.54 Å². The summed E-state index contributed by atoms with van der Waals surface area (Å²) >= 11 is 0. The van der Waals surface area contributed by atoms with Crippen LogP contribution in [0.1, 0.15) is 12.8 Å². The first-order valence-electron chi connectivity index (χ1n) is 4.65. The van der Waals surface area contributed by atoms with Gasteiger partial charge in [-0.2, -0.15) is 5.10 Å². The molecule has 2 N–H and O–H groups in total. The Bertz CT molecular complexity index is 257. The molecular weight excluding hydrogens is 202 g/mol. The van der Waals surface area contributed by atoms with Crippen LogP contribution in [0.5, 0.6) is 0 Å². The third-order valence-electron chi connectivity index (χ3n) is 2.79. The summed E-state index contributed by atoms with van der Waals surface area (Å²) in [7, 11) is 0. The first kappa shape index (κ1) is 11.5. The molecule has 0 radical (unpaired) electrons. The predicted octanol–water partition coefficient (Wildman–Crippen LogP) is 0.769. The van der Waals surface area contributed by atoms with Gasteiger partial charge in [-0.3, -0.25) is 4.68 Å². The van der Waals surface area contributed by atoms with Gasteiger partial charge < -0.3 is 10.5 Å². The highest BCUT2D eigenvalue weighted by atomic mass is 35.5. The van der Waals surface area contributed by atoms with Crippen LogP contribution >= 0.6 is 12.4 Å². The van der Waals surface area contributed by atoms with Gasteiger partial charge in [-0.05, 0) is 18.9 Å². The van der Waals surface area contributed by atoms with E-state index in [0.29, 0.717) is 6.54 Å². The zero-order chi connectivity index (χ0) is 9.15. The molecule has 1 aliphatic rings. The summed E-state index contributed by atoms with van der Waals surface area (Å²) in [6, 6.07) is 1.94. The van der Waals surface area contributed by atoms with Crippen molar-refractivity contribution in [3.05, 3.63) is 18.5 Å². The molecule has 0 saturated carbocycles. The normalized spacial score (nSPS) is 20.1. The molecule has 1 fully saturated rings. The first-order valence-corrected chi connectivity index (χ1v) is 4.65. The number of rotatable bonds is 2. The van der Waals surface area contributed by atoms with Crippen molar-refractivity contribution in [1.29, 1.82) is 0 Å². The maximum Gasteiger partial charge on any atom is 0.0792 e. The van der Waals surface area contributed by atoms with E-state index in [0.717, 1.165) is 26.1 Å². The van der Waals surface area contributed by atoms with E-state index < -0.39 is 0 Å². The van der Waals surface area contributed by atoms with Gasteiger partial charge >= 0.3 is 0 Å². The van der Waals surface area contributed by atoms with Crippen LogP contribution in [-0.2, 0) is 10.3 Å². The van der Waals surface area contributed by atoms with Crippen LogP contribution in [-0.4, -0.2) is 29.5 Å². The van der Waals surface area contributed by atoms with Crippen molar-refractivity contribution >= 4 is 12.4 Å².